The third kappa shape index (κ3) is 1.95. The molecule has 3 rings (SSSR count). The summed E-state index contributed by atoms with van der Waals surface area (Å²) >= 11 is 1.68. The van der Waals surface area contributed by atoms with Crippen molar-refractivity contribution in [3.8, 4) is 0 Å². The molecule has 1 N–H and O–H groups in total. The first-order chi connectivity index (χ1) is 7.39. The van der Waals surface area contributed by atoms with E-state index in [1.165, 1.54) is 44.3 Å². The van der Waals surface area contributed by atoms with E-state index in [0.717, 1.165) is 12.5 Å². The van der Waals surface area contributed by atoms with Crippen LogP contribution in [0, 0.1) is 11.3 Å². The van der Waals surface area contributed by atoms with Crippen molar-refractivity contribution in [2.45, 2.75) is 38.6 Å². The van der Waals surface area contributed by atoms with Crippen molar-refractivity contribution < 1.29 is 0 Å². The number of hydrogen-bond acceptors (Lipinski definition) is 3. The maximum atomic E-state index is 4.30. The Kier molecular flexibility index (Phi) is 2.53. The Morgan fingerprint density at radius 3 is 2.87 bits per heavy atom. The Bertz CT molecular complexity index is 312. The van der Waals surface area contributed by atoms with Gasteiger partial charge in [-0.2, -0.15) is 0 Å². The first-order valence-electron chi connectivity index (χ1n) is 5.97. The highest BCUT2D eigenvalue weighted by atomic mass is 32.1. The monoisotopic (exact) mass is 222 g/mol. The summed E-state index contributed by atoms with van der Waals surface area (Å²) in [4.78, 5) is 4.30. The van der Waals surface area contributed by atoms with Crippen LogP contribution in [0.25, 0.3) is 0 Å². The molecule has 15 heavy (non-hydrogen) atoms. The Morgan fingerprint density at radius 2 is 2.33 bits per heavy atom. The quantitative estimate of drug-likeness (QED) is 0.828. The predicted octanol–water partition coefficient (Wildman–Crippen LogP) is 2.81. The Hall–Kier alpha value is -0.410. The Labute approximate surface area is 95.1 Å². The molecule has 2 nitrogen and oxygen atoms in total. The Morgan fingerprint density at radius 1 is 1.47 bits per heavy atom. The van der Waals surface area contributed by atoms with E-state index >= 15 is 0 Å². The van der Waals surface area contributed by atoms with E-state index in [9.17, 15) is 0 Å². The molecule has 3 heteroatoms. The van der Waals surface area contributed by atoms with Gasteiger partial charge in [0.15, 0.2) is 0 Å². The largest absolute Gasteiger partial charge is 0.311 e. The molecule has 0 bridgehead atoms. The van der Waals surface area contributed by atoms with Gasteiger partial charge < -0.3 is 5.32 Å². The zero-order valence-corrected chi connectivity index (χ0v) is 9.85. The molecule has 2 aliphatic carbocycles. The van der Waals surface area contributed by atoms with Crippen LogP contribution in [0.1, 0.15) is 37.8 Å². The third-order valence-electron chi connectivity index (χ3n) is 4.06. The number of aromatic nitrogens is 1. The summed E-state index contributed by atoms with van der Waals surface area (Å²) in [6, 6.07) is 0. The lowest BCUT2D eigenvalue weighted by molar-refractivity contribution is 0.0986. The third-order valence-corrected chi connectivity index (χ3v) is 4.69. The van der Waals surface area contributed by atoms with Crippen molar-refractivity contribution in [2.75, 3.05) is 6.54 Å². The molecule has 0 spiro atoms. The minimum atomic E-state index is 0.690. The van der Waals surface area contributed by atoms with Crippen LogP contribution in [0.5, 0.6) is 0 Å². The van der Waals surface area contributed by atoms with Crippen LogP contribution in [0.4, 0.5) is 0 Å². The second kappa shape index (κ2) is 3.87. The van der Waals surface area contributed by atoms with Gasteiger partial charge in [0.25, 0.3) is 0 Å². The van der Waals surface area contributed by atoms with Crippen molar-refractivity contribution in [3.63, 3.8) is 0 Å². The molecular weight excluding hydrogens is 204 g/mol. The number of thiazole rings is 1. The molecular formula is C12H18N2S. The number of hydrogen-bond donors (Lipinski definition) is 1. The van der Waals surface area contributed by atoms with Crippen molar-refractivity contribution in [2.24, 2.45) is 11.3 Å². The Balaban J connectivity index is 1.48. The molecule has 0 atom stereocenters. The first kappa shape index (κ1) is 9.79. The molecule has 0 amide bonds. The van der Waals surface area contributed by atoms with Gasteiger partial charge in [-0.05, 0) is 37.0 Å². The van der Waals surface area contributed by atoms with Gasteiger partial charge in [-0.1, -0.05) is 6.42 Å². The predicted molar refractivity (Wildman–Crippen MR) is 62.8 cm³/mol. The van der Waals surface area contributed by atoms with E-state index in [0.29, 0.717) is 5.41 Å². The summed E-state index contributed by atoms with van der Waals surface area (Å²) in [7, 11) is 0. The van der Waals surface area contributed by atoms with Crippen LogP contribution in [0.3, 0.4) is 0 Å². The van der Waals surface area contributed by atoms with Crippen LogP contribution in [-0.4, -0.2) is 11.5 Å². The SMILES string of the molecule is c1nc(CNCC2(C3CC3)CCC2)cs1. The van der Waals surface area contributed by atoms with E-state index in [1.54, 1.807) is 11.3 Å². The fraction of sp³-hybridized carbons (Fsp3) is 0.750. The second-order valence-electron chi connectivity index (χ2n) is 5.07. The minimum Gasteiger partial charge on any atom is -0.311 e. The molecule has 2 fully saturated rings. The molecule has 82 valence electrons. The fourth-order valence-electron chi connectivity index (χ4n) is 2.82. The van der Waals surface area contributed by atoms with Gasteiger partial charge >= 0.3 is 0 Å². The molecule has 0 aromatic carbocycles. The van der Waals surface area contributed by atoms with Crippen LogP contribution in [0.15, 0.2) is 10.9 Å². The topological polar surface area (TPSA) is 24.9 Å². The van der Waals surface area contributed by atoms with E-state index in [1.807, 2.05) is 5.51 Å². The summed E-state index contributed by atoms with van der Waals surface area (Å²) < 4.78 is 0. The molecule has 2 saturated carbocycles. The number of rotatable bonds is 5. The molecule has 0 unspecified atom stereocenters. The summed E-state index contributed by atoms with van der Waals surface area (Å²) in [5.41, 5.74) is 3.80. The van der Waals surface area contributed by atoms with Crippen molar-refractivity contribution in [1.82, 2.24) is 10.3 Å². The van der Waals surface area contributed by atoms with Crippen LogP contribution < -0.4 is 5.32 Å². The highest BCUT2D eigenvalue weighted by Crippen LogP contribution is 2.56. The van der Waals surface area contributed by atoms with Gasteiger partial charge in [0.2, 0.25) is 0 Å². The number of nitrogens with one attached hydrogen (secondary N) is 1. The van der Waals surface area contributed by atoms with Crippen LogP contribution >= 0.6 is 11.3 Å². The van der Waals surface area contributed by atoms with Gasteiger partial charge in [-0.15, -0.1) is 11.3 Å². The van der Waals surface area contributed by atoms with Gasteiger partial charge in [0, 0.05) is 18.5 Å². The number of nitrogens with zero attached hydrogens (tertiary/aromatic N) is 1. The molecule has 1 aromatic heterocycles. The average molecular weight is 222 g/mol. The molecule has 0 radical (unpaired) electrons. The fourth-order valence-corrected chi connectivity index (χ4v) is 3.38. The summed E-state index contributed by atoms with van der Waals surface area (Å²) in [5, 5.41) is 5.73. The van der Waals surface area contributed by atoms with E-state index in [-0.39, 0.29) is 0 Å². The van der Waals surface area contributed by atoms with Gasteiger partial charge in [0.05, 0.1) is 11.2 Å². The normalized spacial score (nSPS) is 23.7. The van der Waals surface area contributed by atoms with E-state index < -0.39 is 0 Å². The van der Waals surface area contributed by atoms with E-state index in [4.69, 9.17) is 0 Å². The molecule has 0 aliphatic heterocycles. The summed E-state index contributed by atoms with van der Waals surface area (Å²) in [5.74, 6) is 1.05. The van der Waals surface area contributed by atoms with Crippen LogP contribution in [-0.2, 0) is 6.54 Å². The molecule has 0 saturated heterocycles. The summed E-state index contributed by atoms with van der Waals surface area (Å²) in [6.45, 7) is 2.17. The van der Waals surface area contributed by atoms with Crippen molar-refractivity contribution >= 4 is 11.3 Å². The molecule has 1 aromatic rings. The van der Waals surface area contributed by atoms with Crippen molar-refractivity contribution in [3.05, 3.63) is 16.6 Å². The van der Waals surface area contributed by atoms with Gasteiger partial charge in [-0.3, -0.25) is 0 Å². The van der Waals surface area contributed by atoms with Gasteiger partial charge in [-0.25, -0.2) is 4.98 Å². The van der Waals surface area contributed by atoms with Crippen molar-refractivity contribution in [1.29, 1.82) is 0 Å². The van der Waals surface area contributed by atoms with Gasteiger partial charge in [0.1, 0.15) is 0 Å². The average Bonchev–Trinajstić information content (AvgIpc) is 2.89. The van der Waals surface area contributed by atoms with E-state index in [2.05, 4.69) is 15.7 Å². The lowest BCUT2D eigenvalue weighted by Crippen LogP contribution is -2.41. The molecule has 1 heterocycles. The zero-order chi connectivity index (χ0) is 10.1. The highest BCUT2D eigenvalue weighted by Gasteiger charge is 2.48. The smallest absolute Gasteiger partial charge is 0.0795 e. The lowest BCUT2D eigenvalue weighted by Gasteiger charge is -2.42. The maximum Gasteiger partial charge on any atom is 0.0795 e. The lowest BCUT2D eigenvalue weighted by atomic mass is 9.65. The van der Waals surface area contributed by atoms with Crippen LogP contribution in [0.2, 0.25) is 0 Å². The molecule has 2 aliphatic rings. The highest BCUT2D eigenvalue weighted by molar-refractivity contribution is 7.07. The second-order valence-corrected chi connectivity index (χ2v) is 5.79. The summed E-state index contributed by atoms with van der Waals surface area (Å²) in [6.07, 6.45) is 7.34. The first-order valence-corrected chi connectivity index (χ1v) is 6.91. The minimum absolute atomic E-state index is 0.690. The zero-order valence-electron chi connectivity index (χ0n) is 9.04. The maximum absolute atomic E-state index is 4.30. The standard InChI is InChI=1S/C12H18N2S/c1-4-12(5-1,10-2-3-10)8-13-6-11-7-15-9-14-11/h7,9-10,13H,1-6,8H2.